The minimum Gasteiger partial charge on any atom is -0.457 e. The number of halogens is 4. The summed E-state index contributed by atoms with van der Waals surface area (Å²) in [6, 6.07) is 0.955. The molecule has 0 aliphatic heterocycles. The van der Waals surface area contributed by atoms with Gasteiger partial charge in [0, 0.05) is 6.07 Å². The molecular weight excluding hydrogens is 180 g/mol. The lowest BCUT2D eigenvalue weighted by molar-refractivity contribution is -0.253. The lowest BCUT2D eigenvalue weighted by Crippen LogP contribution is -2.33. The molecule has 1 radical (unpaired) electrons. The number of rotatable bonds is 3. The fourth-order valence-corrected chi connectivity index (χ4v) is 0.468. The highest BCUT2D eigenvalue weighted by atomic mass is 19.3. The number of alkyl halides is 4. The van der Waals surface area contributed by atoms with Crippen molar-refractivity contribution in [2.24, 2.45) is 0 Å². The summed E-state index contributed by atoms with van der Waals surface area (Å²) in [5.41, 5.74) is 0. The maximum absolute atomic E-state index is 12.1. The smallest absolute Gasteiger partial charge is 0.457 e. The Labute approximate surface area is 64.7 Å². The molecule has 0 aliphatic rings. The largest absolute Gasteiger partial charge is 0.461 e. The normalized spacial score (nSPS) is 12.1. The Hall–Kier alpha value is -1.20. The maximum Gasteiger partial charge on any atom is 0.461 e. The minimum absolute atomic E-state index is 0.555. The van der Waals surface area contributed by atoms with Gasteiger partial charge in [-0.3, -0.25) is 0 Å². The predicted octanol–water partition coefficient (Wildman–Crippen LogP) is 2.32. The van der Waals surface area contributed by atoms with Gasteiger partial charge < -0.3 is 9.15 Å². The van der Waals surface area contributed by atoms with Crippen molar-refractivity contribution in [1.82, 2.24) is 0 Å². The van der Waals surface area contributed by atoms with Crippen LogP contribution in [0.3, 0.4) is 0 Å². The van der Waals surface area contributed by atoms with Crippen LogP contribution in [0.2, 0.25) is 0 Å². The lowest BCUT2D eigenvalue weighted by Gasteiger charge is -2.14. The molecule has 1 heterocycles. The molecule has 0 spiro atoms. The summed E-state index contributed by atoms with van der Waals surface area (Å²) >= 11 is 0. The van der Waals surface area contributed by atoms with Crippen molar-refractivity contribution >= 4 is 0 Å². The summed E-state index contributed by atoms with van der Waals surface area (Å²) in [5.74, 6) is -0.555. The van der Waals surface area contributed by atoms with E-state index < -0.39 is 18.3 Å². The Morgan fingerprint density at radius 3 is 2.58 bits per heavy atom. The molecule has 0 saturated carbocycles. The first-order valence-electron chi connectivity index (χ1n) is 2.82. The number of hydrogen-bond acceptors (Lipinski definition) is 2. The van der Waals surface area contributed by atoms with E-state index in [0.29, 0.717) is 0 Å². The van der Waals surface area contributed by atoms with Gasteiger partial charge in [0.25, 0.3) is 0 Å². The summed E-state index contributed by atoms with van der Waals surface area (Å²) in [6.45, 7) is 0. The second-order valence-corrected chi connectivity index (χ2v) is 1.85. The van der Waals surface area contributed by atoms with Gasteiger partial charge in [-0.1, -0.05) is 0 Å². The van der Waals surface area contributed by atoms with Crippen molar-refractivity contribution in [2.45, 2.75) is 12.5 Å². The SMILES string of the molecule is FC(F)C(F)(F)Oc1[c]occ1. The van der Waals surface area contributed by atoms with Crippen LogP contribution in [0.25, 0.3) is 0 Å². The van der Waals surface area contributed by atoms with E-state index in [9.17, 15) is 17.6 Å². The minimum atomic E-state index is -4.50. The van der Waals surface area contributed by atoms with Gasteiger partial charge in [0.2, 0.25) is 6.26 Å². The summed E-state index contributed by atoms with van der Waals surface area (Å²) in [5, 5.41) is 0. The molecule has 0 bridgehead atoms. The monoisotopic (exact) mass is 183 g/mol. The fourth-order valence-electron chi connectivity index (χ4n) is 0.468. The molecule has 1 aromatic rings. The second-order valence-electron chi connectivity index (χ2n) is 1.85. The van der Waals surface area contributed by atoms with Gasteiger partial charge in [-0.25, -0.2) is 0 Å². The van der Waals surface area contributed by atoms with E-state index in [2.05, 4.69) is 9.15 Å². The molecule has 2 nitrogen and oxygen atoms in total. The summed E-state index contributed by atoms with van der Waals surface area (Å²) in [4.78, 5) is 0. The zero-order valence-electron chi connectivity index (χ0n) is 5.56. The summed E-state index contributed by atoms with van der Waals surface area (Å²) in [7, 11) is 0. The molecule has 12 heavy (non-hydrogen) atoms. The lowest BCUT2D eigenvalue weighted by atomic mass is 10.6. The van der Waals surface area contributed by atoms with Crippen LogP contribution in [0.1, 0.15) is 0 Å². The zero-order valence-corrected chi connectivity index (χ0v) is 5.56. The first-order chi connectivity index (χ1) is 5.52. The molecule has 1 aromatic heterocycles. The van der Waals surface area contributed by atoms with Gasteiger partial charge >= 0.3 is 12.5 Å². The molecular formula is C6H3F4O2. The third kappa shape index (κ3) is 1.90. The number of furan rings is 1. The number of hydrogen-bond donors (Lipinski definition) is 0. The van der Waals surface area contributed by atoms with Crippen molar-refractivity contribution in [1.29, 1.82) is 0 Å². The van der Waals surface area contributed by atoms with Crippen molar-refractivity contribution in [3.63, 3.8) is 0 Å². The van der Waals surface area contributed by atoms with Crippen LogP contribution in [-0.2, 0) is 0 Å². The Kier molecular flexibility index (Phi) is 2.25. The van der Waals surface area contributed by atoms with Gasteiger partial charge in [-0.2, -0.15) is 17.6 Å². The molecule has 6 heteroatoms. The third-order valence-corrected chi connectivity index (χ3v) is 0.947. The van der Waals surface area contributed by atoms with E-state index in [0.717, 1.165) is 12.3 Å². The molecule has 0 unspecified atom stereocenters. The Morgan fingerprint density at radius 2 is 2.17 bits per heavy atom. The molecule has 67 valence electrons. The van der Waals surface area contributed by atoms with Gasteiger partial charge in [0.15, 0.2) is 5.75 Å². The standard InChI is InChI=1S/C6H3F4O2/c7-5(8)6(9,10)12-4-1-2-11-3-4/h1-2,5H. The summed E-state index contributed by atoms with van der Waals surface area (Å²) in [6.07, 6.45) is -5.55. The molecule has 0 aliphatic carbocycles. The van der Waals surface area contributed by atoms with Crippen molar-refractivity contribution < 1.29 is 26.7 Å². The van der Waals surface area contributed by atoms with Crippen LogP contribution >= 0.6 is 0 Å². The first-order valence-corrected chi connectivity index (χ1v) is 2.82. The van der Waals surface area contributed by atoms with Crippen LogP contribution < -0.4 is 4.74 Å². The Morgan fingerprint density at radius 1 is 1.50 bits per heavy atom. The van der Waals surface area contributed by atoms with Crippen molar-refractivity contribution in [3.8, 4) is 5.75 Å². The highest BCUT2D eigenvalue weighted by Gasteiger charge is 2.44. The van der Waals surface area contributed by atoms with E-state index in [1.807, 2.05) is 6.26 Å². The quantitative estimate of drug-likeness (QED) is 0.671. The highest BCUT2D eigenvalue weighted by molar-refractivity contribution is 5.11. The molecule has 0 atom stereocenters. The van der Waals surface area contributed by atoms with Gasteiger partial charge in [0.1, 0.15) is 0 Å². The fraction of sp³-hybridized carbons (Fsp3) is 0.333. The molecule has 0 fully saturated rings. The molecule has 0 N–H and O–H groups in total. The van der Waals surface area contributed by atoms with Crippen LogP contribution in [0, 0.1) is 6.26 Å². The Bertz CT molecular complexity index is 232. The van der Waals surface area contributed by atoms with Crippen molar-refractivity contribution in [2.75, 3.05) is 0 Å². The van der Waals surface area contributed by atoms with Crippen LogP contribution in [0.5, 0.6) is 5.75 Å². The molecule has 0 amide bonds. The summed E-state index contributed by atoms with van der Waals surface area (Å²) < 4.78 is 54.9. The third-order valence-electron chi connectivity index (χ3n) is 0.947. The number of ether oxygens (including phenoxy) is 1. The first kappa shape index (κ1) is 8.89. The predicted molar refractivity (Wildman–Crippen MR) is 29.1 cm³/mol. The molecule has 1 rings (SSSR count). The maximum atomic E-state index is 12.1. The average Bonchev–Trinajstić information content (AvgIpc) is 2.38. The second kappa shape index (κ2) is 3.04. The van der Waals surface area contributed by atoms with E-state index in [1.54, 1.807) is 0 Å². The highest BCUT2D eigenvalue weighted by Crippen LogP contribution is 2.26. The average molecular weight is 183 g/mol. The van der Waals surface area contributed by atoms with E-state index in [-0.39, 0.29) is 0 Å². The van der Waals surface area contributed by atoms with Crippen LogP contribution in [0.4, 0.5) is 17.6 Å². The van der Waals surface area contributed by atoms with Crippen LogP contribution in [-0.4, -0.2) is 12.5 Å². The van der Waals surface area contributed by atoms with E-state index in [1.165, 1.54) is 0 Å². The molecule has 0 aromatic carbocycles. The zero-order chi connectivity index (χ0) is 9.19. The van der Waals surface area contributed by atoms with Crippen LogP contribution in [0.15, 0.2) is 16.7 Å². The van der Waals surface area contributed by atoms with E-state index in [4.69, 9.17) is 0 Å². The van der Waals surface area contributed by atoms with Gasteiger partial charge in [0.05, 0.1) is 6.26 Å². The molecule has 0 saturated heterocycles. The van der Waals surface area contributed by atoms with E-state index >= 15 is 0 Å². The van der Waals surface area contributed by atoms with Crippen molar-refractivity contribution in [3.05, 3.63) is 18.6 Å². The van der Waals surface area contributed by atoms with Gasteiger partial charge in [-0.15, -0.1) is 0 Å². The van der Waals surface area contributed by atoms with Gasteiger partial charge in [-0.05, 0) is 0 Å². The topological polar surface area (TPSA) is 22.4 Å². The Balaban J connectivity index is 2.62.